The Balaban J connectivity index is 1.63. The van der Waals surface area contributed by atoms with Gasteiger partial charge in [-0.05, 0) is 80.9 Å². The summed E-state index contributed by atoms with van der Waals surface area (Å²) in [5.41, 5.74) is 4.12. The van der Waals surface area contributed by atoms with Crippen molar-refractivity contribution in [3.05, 3.63) is 93.5 Å². The Morgan fingerprint density at radius 3 is 2.44 bits per heavy atom. The number of carbonyl (C=O) groups is 2. The fourth-order valence-corrected chi connectivity index (χ4v) is 3.45. The minimum Gasteiger partial charge on any atom is -0.493 e. The third-order valence-electron chi connectivity index (χ3n) is 4.64. The predicted molar refractivity (Wildman–Crippen MR) is 130 cm³/mol. The quantitative estimate of drug-likeness (QED) is 0.237. The molecule has 0 unspecified atom stereocenters. The highest BCUT2D eigenvalue weighted by atomic mass is 79.9. The number of nitrogens with one attached hydrogen (secondary N) is 1. The van der Waals surface area contributed by atoms with Crippen LogP contribution in [0, 0.1) is 13.8 Å². The molecule has 0 aliphatic heterocycles. The summed E-state index contributed by atoms with van der Waals surface area (Å²) in [6.07, 6.45) is 2.98. The molecule has 0 saturated heterocycles. The highest BCUT2D eigenvalue weighted by molar-refractivity contribution is 9.10. The van der Waals surface area contributed by atoms with Crippen molar-refractivity contribution >= 4 is 39.6 Å². The monoisotopic (exact) mass is 493 g/mol. The van der Waals surface area contributed by atoms with E-state index < -0.39 is 5.97 Å². The highest BCUT2D eigenvalue weighted by Crippen LogP contribution is 2.25. The Hall–Kier alpha value is -3.38. The number of halogens is 1. The molecular formula is C26H24BrNO4. The second-order valence-electron chi connectivity index (χ2n) is 7.17. The molecule has 1 amide bonds. The summed E-state index contributed by atoms with van der Waals surface area (Å²) in [5, 5.41) is 2.90. The van der Waals surface area contributed by atoms with Gasteiger partial charge in [-0.1, -0.05) is 33.6 Å². The molecule has 0 fully saturated rings. The van der Waals surface area contributed by atoms with Gasteiger partial charge >= 0.3 is 5.97 Å². The summed E-state index contributed by atoms with van der Waals surface area (Å²) in [4.78, 5) is 24.7. The number of anilines is 1. The third kappa shape index (κ3) is 6.31. The molecule has 0 heterocycles. The van der Waals surface area contributed by atoms with Gasteiger partial charge in [0.2, 0.25) is 0 Å². The van der Waals surface area contributed by atoms with Crippen molar-refractivity contribution in [3.8, 4) is 11.5 Å². The average Bonchev–Trinajstić information content (AvgIpc) is 2.76. The number of ether oxygens (including phenoxy) is 2. The molecule has 0 aromatic heterocycles. The van der Waals surface area contributed by atoms with Crippen LogP contribution in [-0.2, 0) is 4.79 Å². The zero-order chi connectivity index (χ0) is 23.1. The first-order valence-corrected chi connectivity index (χ1v) is 11.0. The molecule has 0 aliphatic carbocycles. The largest absolute Gasteiger partial charge is 0.493 e. The number of hydrogen-bond donors (Lipinski definition) is 1. The molecule has 0 spiro atoms. The summed E-state index contributed by atoms with van der Waals surface area (Å²) in [7, 11) is 0. The van der Waals surface area contributed by atoms with Gasteiger partial charge in [0.15, 0.2) is 0 Å². The Morgan fingerprint density at radius 2 is 1.75 bits per heavy atom. The first-order valence-electron chi connectivity index (χ1n) is 10.2. The lowest BCUT2D eigenvalue weighted by molar-refractivity contribution is -0.128. The van der Waals surface area contributed by atoms with Gasteiger partial charge in [-0.2, -0.15) is 0 Å². The van der Waals surface area contributed by atoms with Gasteiger partial charge in [0.25, 0.3) is 5.91 Å². The molecule has 3 rings (SSSR count). The molecule has 6 heteroatoms. The maximum atomic E-state index is 12.5. The van der Waals surface area contributed by atoms with Crippen LogP contribution in [0.5, 0.6) is 11.5 Å². The van der Waals surface area contributed by atoms with Gasteiger partial charge in [0, 0.05) is 27.4 Å². The molecule has 3 aromatic rings. The van der Waals surface area contributed by atoms with Crippen LogP contribution in [0.25, 0.3) is 6.08 Å². The second kappa shape index (κ2) is 10.8. The van der Waals surface area contributed by atoms with Gasteiger partial charge in [-0.3, -0.25) is 4.79 Å². The van der Waals surface area contributed by atoms with Crippen LogP contribution in [0.3, 0.4) is 0 Å². The van der Waals surface area contributed by atoms with E-state index in [1.165, 1.54) is 6.08 Å². The summed E-state index contributed by atoms with van der Waals surface area (Å²) in [6.45, 7) is 6.38. The van der Waals surface area contributed by atoms with Crippen molar-refractivity contribution in [1.82, 2.24) is 0 Å². The molecule has 0 saturated carbocycles. The Bertz CT molecular complexity index is 1150. The van der Waals surface area contributed by atoms with Crippen LogP contribution < -0.4 is 14.8 Å². The minimum absolute atomic E-state index is 0.229. The number of benzene rings is 3. The number of rotatable bonds is 7. The fourth-order valence-electron chi connectivity index (χ4n) is 3.07. The lowest BCUT2D eigenvalue weighted by Crippen LogP contribution is -2.13. The molecule has 0 radical (unpaired) electrons. The molecule has 5 nitrogen and oxygen atoms in total. The van der Waals surface area contributed by atoms with E-state index in [2.05, 4.69) is 21.2 Å². The van der Waals surface area contributed by atoms with Crippen molar-refractivity contribution in [2.24, 2.45) is 0 Å². The van der Waals surface area contributed by atoms with Gasteiger partial charge in [-0.25, -0.2) is 4.79 Å². The summed E-state index contributed by atoms with van der Waals surface area (Å²) >= 11 is 3.42. The van der Waals surface area contributed by atoms with E-state index in [0.29, 0.717) is 23.7 Å². The van der Waals surface area contributed by atoms with Crippen molar-refractivity contribution < 1.29 is 19.1 Å². The van der Waals surface area contributed by atoms with E-state index in [9.17, 15) is 9.59 Å². The van der Waals surface area contributed by atoms with Crippen LogP contribution in [0.2, 0.25) is 0 Å². The molecule has 164 valence electrons. The normalized spacial score (nSPS) is 10.8. The van der Waals surface area contributed by atoms with E-state index in [-0.39, 0.29) is 5.91 Å². The van der Waals surface area contributed by atoms with E-state index >= 15 is 0 Å². The zero-order valence-corrected chi connectivity index (χ0v) is 19.7. The SMILES string of the molecule is CCOc1ccc(Br)cc1/C=C/C(=O)Oc1ccc(C(=O)Nc2ccc(C)cc2C)cc1. The number of aryl methyl sites for hydroxylation is 2. The summed E-state index contributed by atoms with van der Waals surface area (Å²) < 4.78 is 11.8. The standard InChI is InChI=1S/C26H24BrNO4/c1-4-31-24-13-9-21(27)16-20(24)8-14-25(29)32-22-10-6-19(7-11-22)26(30)28-23-12-5-17(2)15-18(23)3/h5-16H,4H2,1-3H3,(H,28,30)/b14-8+. The van der Waals surface area contributed by atoms with Crippen LogP contribution in [0.1, 0.15) is 34.0 Å². The Morgan fingerprint density at radius 1 is 1.00 bits per heavy atom. The minimum atomic E-state index is -0.528. The Kier molecular flexibility index (Phi) is 7.84. The van der Waals surface area contributed by atoms with E-state index in [1.807, 2.05) is 57.2 Å². The summed E-state index contributed by atoms with van der Waals surface area (Å²) in [6, 6.07) is 17.8. The molecule has 1 N–H and O–H groups in total. The van der Waals surface area contributed by atoms with Crippen LogP contribution in [-0.4, -0.2) is 18.5 Å². The average molecular weight is 494 g/mol. The number of carbonyl (C=O) groups excluding carboxylic acids is 2. The lowest BCUT2D eigenvalue weighted by Gasteiger charge is -2.09. The number of esters is 1. The van der Waals surface area contributed by atoms with Crippen LogP contribution in [0.15, 0.2) is 71.2 Å². The van der Waals surface area contributed by atoms with Crippen molar-refractivity contribution in [2.75, 3.05) is 11.9 Å². The van der Waals surface area contributed by atoms with Crippen molar-refractivity contribution in [1.29, 1.82) is 0 Å². The second-order valence-corrected chi connectivity index (χ2v) is 8.08. The molecule has 0 aliphatic rings. The molecular weight excluding hydrogens is 470 g/mol. The first kappa shape index (κ1) is 23.3. The van der Waals surface area contributed by atoms with Gasteiger partial charge in [-0.15, -0.1) is 0 Å². The maximum Gasteiger partial charge on any atom is 0.336 e. The molecule has 3 aromatic carbocycles. The number of amides is 1. The van der Waals surface area contributed by atoms with E-state index in [1.54, 1.807) is 30.3 Å². The smallest absolute Gasteiger partial charge is 0.336 e. The lowest BCUT2D eigenvalue weighted by atomic mass is 10.1. The van der Waals surface area contributed by atoms with Crippen molar-refractivity contribution in [3.63, 3.8) is 0 Å². The van der Waals surface area contributed by atoms with Crippen LogP contribution >= 0.6 is 15.9 Å². The van der Waals surface area contributed by atoms with E-state index in [0.717, 1.165) is 26.9 Å². The number of hydrogen-bond acceptors (Lipinski definition) is 4. The van der Waals surface area contributed by atoms with Gasteiger partial charge in [0.05, 0.1) is 6.61 Å². The molecule has 0 bridgehead atoms. The highest BCUT2D eigenvalue weighted by Gasteiger charge is 2.09. The first-order chi connectivity index (χ1) is 15.4. The maximum absolute atomic E-state index is 12.5. The third-order valence-corrected chi connectivity index (χ3v) is 5.13. The van der Waals surface area contributed by atoms with Crippen molar-refractivity contribution in [2.45, 2.75) is 20.8 Å². The fraction of sp³-hybridized carbons (Fsp3) is 0.154. The van der Waals surface area contributed by atoms with Gasteiger partial charge in [0.1, 0.15) is 11.5 Å². The predicted octanol–water partition coefficient (Wildman–Crippen LogP) is 6.34. The van der Waals surface area contributed by atoms with Crippen LogP contribution in [0.4, 0.5) is 5.69 Å². The van der Waals surface area contributed by atoms with Gasteiger partial charge < -0.3 is 14.8 Å². The molecule has 0 atom stereocenters. The van der Waals surface area contributed by atoms with E-state index in [4.69, 9.17) is 9.47 Å². The Labute approximate surface area is 196 Å². The topological polar surface area (TPSA) is 64.6 Å². The summed E-state index contributed by atoms with van der Waals surface area (Å²) in [5.74, 6) is 0.272. The molecule has 32 heavy (non-hydrogen) atoms. The zero-order valence-electron chi connectivity index (χ0n) is 18.1.